The second-order valence-corrected chi connectivity index (χ2v) is 11.1. The molecule has 1 heterocycles. The van der Waals surface area contributed by atoms with E-state index in [1.165, 1.54) is 66.4 Å². The van der Waals surface area contributed by atoms with Gasteiger partial charge in [-0.1, -0.05) is 109 Å². The Labute approximate surface area is 241 Å². The molecule has 0 saturated carbocycles. The van der Waals surface area contributed by atoms with Crippen LogP contribution >= 0.6 is 0 Å². The third kappa shape index (κ3) is 3.77. The molecule has 0 bridgehead atoms. The molecule has 1 spiro atoms. The Kier molecular flexibility index (Phi) is 5.50. The van der Waals surface area contributed by atoms with Crippen molar-refractivity contribution in [2.75, 3.05) is 0 Å². The summed E-state index contributed by atoms with van der Waals surface area (Å²) >= 11 is 0. The minimum Gasteiger partial charge on any atom is -0.368 e. The van der Waals surface area contributed by atoms with Crippen molar-refractivity contribution < 1.29 is 0 Å². The number of rotatable bonds is 2. The molecule has 194 valence electrons. The predicted octanol–water partition coefficient (Wildman–Crippen LogP) is 9.81. The largest absolute Gasteiger partial charge is 0.368 e. The summed E-state index contributed by atoms with van der Waals surface area (Å²) in [6, 6.07) is 38.6. The first kappa shape index (κ1) is 23.7. The monoisotopic (exact) mass is 523 g/mol. The van der Waals surface area contributed by atoms with Gasteiger partial charge in [0.2, 0.25) is 0 Å². The molecule has 1 unspecified atom stereocenters. The van der Waals surface area contributed by atoms with Gasteiger partial charge in [0.05, 0.1) is 5.41 Å². The molecule has 0 amide bonds. The number of hydrogen-bond acceptors (Lipinski definition) is 1. The molecule has 3 aliphatic rings. The molecule has 1 aliphatic heterocycles. The molecule has 1 heteroatoms. The van der Waals surface area contributed by atoms with Gasteiger partial charge in [-0.15, -0.1) is 0 Å². The minimum atomic E-state index is -0.275. The summed E-state index contributed by atoms with van der Waals surface area (Å²) in [5.74, 6) is 0. The summed E-state index contributed by atoms with van der Waals surface area (Å²) in [5.41, 5.74) is 12.7. The van der Waals surface area contributed by atoms with Gasteiger partial charge < -0.3 is 5.32 Å². The average Bonchev–Trinajstić information content (AvgIpc) is 3.15. The van der Waals surface area contributed by atoms with Crippen molar-refractivity contribution in [3.8, 4) is 22.3 Å². The van der Waals surface area contributed by atoms with Crippen LogP contribution in [0.3, 0.4) is 0 Å². The molecular formula is C40H29N. The van der Waals surface area contributed by atoms with Crippen LogP contribution in [0.5, 0.6) is 0 Å². The third-order valence-corrected chi connectivity index (χ3v) is 8.84. The zero-order chi connectivity index (χ0) is 27.2. The molecule has 5 aromatic carbocycles. The lowest BCUT2D eigenvalue weighted by atomic mass is 9.67. The summed E-state index contributed by atoms with van der Waals surface area (Å²) < 4.78 is 0. The van der Waals surface area contributed by atoms with E-state index in [1.807, 2.05) is 12.4 Å². The fraction of sp³-hybridized carbons (Fsp3) is 0.0500. The molecule has 1 atom stereocenters. The van der Waals surface area contributed by atoms with Crippen molar-refractivity contribution in [2.45, 2.75) is 11.8 Å². The van der Waals surface area contributed by atoms with Crippen LogP contribution in [0.1, 0.15) is 34.2 Å². The first-order valence-corrected chi connectivity index (χ1v) is 14.3. The van der Waals surface area contributed by atoms with Gasteiger partial charge in [0.15, 0.2) is 0 Å². The predicted molar refractivity (Wildman–Crippen MR) is 173 cm³/mol. The normalized spacial score (nSPS) is 19.8. The molecule has 5 aromatic rings. The highest BCUT2D eigenvalue weighted by Crippen LogP contribution is 2.57. The molecule has 0 aromatic heterocycles. The zero-order valence-corrected chi connectivity index (χ0v) is 22.7. The maximum Gasteiger partial charge on any atom is 0.0504 e. The molecule has 0 radical (unpaired) electrons. The topological polar surface area (TPSA) is 12.0 Å². The SMILES string of the molecule is C1=CNC=CC(c2cccc(-c3ccc4c(c3)C3(C/C=C\C=C/c5ccccc53)c3cc5ccccc5cc3-4)c2)=C1. The van der Waals surface area contributed by atoms with E-state index in [0.717, 1.165) is 6.42 Å². The maximum atomic E-state index is 3.17. The third-order valence-electron chi connectivity index (χ3n) is 8.84. The summed E-state index contributed by atoms with van der Waals surface area (Å²) in [7, 11) is 0. The fourth-order valence-electron chi connectivity index (χ4n) is 6.93. The van der Waals surface area contributed by atoms with E-state index in [9.17, 15) is 0 Å². The molecule has 2 aliphatic carbocycles. The number of hydrogen-bond donors (Lipinski definition) is 1. The smallest absolute Gasteiger partial charge is 0.0504 e. The van der Waals surface area contributed by atoms with E-state index in [-0.39, 0.29) is 5.41 Å². The van der Waals surface area contributed by atoms with Crippen LogP contribution in [0.2, 0.25) is 0 Å². The van der Waals surface area contributed by atoms with Crippen LogP contribution in [0.15, 0.2) is 152 Å². The van der Waals surface area contributed by atoms with E-state index in [0.29, 0.717) is 0 Å². The Balaban J connectivity index is 1.38. The van der Waals surface area contributed by atoms with Gasteiger partial charge in [-0.2, -0.15) is 0 Å². The first-order chi connectivity index (χ1) is 20.3. The zero-order valence-electron chi connectivity index (χ0n) is 22.7. The lowest BCUT2D eigenvalue weighted by Crippen LogP contribution is -2.27. The van der Waals surface area contributed by atoms with Crippen LogP contribution in [0.4, 0.5) is 0 Å². The number of allylic oxidation sites excluding steroid dienone is 7. The van der Waals surface area contributed by atoms with Gasteiger partial charge >= 0.3 is 0 Å². The molecule has 41 heavy (non-hydrogen) atoms. The Hall–Kier alpha value is -5.14. The van der Waals surface area contributed by atoms with Crippen LogP contribution in [-0.4, -0.2) is 0 Å². The van der Waals surface area contributed by atoms with Gasteiger partial charge in [0.1, 0.15) is 0 Å². The minimum absolute atomic E-state index is 0.275. The van der Waals surface area contributed by atoms with Crippen LogP contribution < -0.4 is 5.32 Å². The van der Waals surface area contributed by atoms with Crippen LogP contribution in [0.25, 0.3) is 44.7 Å². The van der Waals surface area contributed by atoms with Crippen molar-refractivity contribution in [3.05, 3.63) is 180 Å². The summed E-state index contributed by atoms with van der Waals surface area (Å²) in [6.45, 7) is 0. The van der Waals surface area contributed by atoms with Crippen LogP contribution in [0, 0.1) is 0 Å². The molecule has 8 rings (SSSR count). The lowest BCUT2D eigenvalue weighted by Gasteiger charge is -2.34. The maximum absolute atomic E-state index is 3.17. The van der Waals surface area contributed by atoms with Gasteiger partial charge in [0.25, 0.3) is 0 Å². The Bertz CT molecular complexity index is 2000. The van der Waals surface area contributed by atoms with Crippen molar-refractivity contribution in [1.82, 2.24) is 5.32 Å². The van der Waals surface area contributed by atoms with Gasteiger partial charge in [0, 0.05) is 12.4 Å². The highest BCUT2D eigenvalue weighted by molar-refractivity contribution is 5.96. The number of nitrogens with one attached hydrogen (secondary N) is 1. The molecule has 0 saturated heterocycles. The summed E-state index contributed by atoms with van der Waals surface area (Å²) in [5, 5.41) is 5.75. The van der Waals surface area contributed by atoms with Gasteiger partial charge in [-0.05, 0) is 109 Å². The van der Waals surface area contributed by atoms with E-state index in [1.54, 1.807) is 0 Å². The Morgan fingerprint density at radius 1 is 0.537 bits per heavy atom. The lowest BCUT2D eigenvalue weighted by molar-refractivity contribution is 0.644. The molecule has 0 fully saturated rings. The Morgan fingerprint density at radius 2 is 1.34 bits per heavy atom. The molecular weight excluding hydrogens is 494 g/mol. The quantitative estimate of drug-likeness (QED) is 0.243. The summed E-state index contributed by atoms with van der Waals surface area (Å²) in [6.07, 6.45) is 20.2. The fourth-order valence-corrected chi connectivity index (χ4v) is 6.93. The van der Waals surface area contributed by atoms with E-state index in [2.05, 4.69) is 151 Å². The van der Waals surface area contributed by atoms with E-state index in [4.69, 9.17) is 0 Å². The van der Waals surface area contributed by atoms with Gasteiger partial charge in [-0.25, -0.2) is 0 Å². The number of fused-ring (bicyclic) bond motifs is 8. The van der Waals surface area contributed by atoms with Gasteiger partial charge in [-0.3, -0.25) is 0 Å². The van der Waals surface area contributed by atoms with Crippen LogP contribution in [-0.2, 0) is 5.41 Å². The second-order valence-electron chi connectivity index (χ2n) is 11.1. The molecule has 1 N–H and O–H groups in total. The average molecular weight is 524 g/mol. The van der Waals surface area contributed by atoms with Crippen molar-refractivity contribution >= 4 is 22.4 Å². The molecule has 1 nitrogen and oxygen atoms in total. The number of benzene rings is 5. The van der Waals surface area contributed by atoms with E-state index < -0.39 is 0 Å². The van der Waals surface area contributed by atoms with Crippen molar-refractivity contribution in [3.63, 3.8) is 0 Å². The first-order valence-electron chi connectivity index (χ1n) is 14.3. The standard InChI is InChI=1S/C40H29N/c1-2-10-29-11-5-6-17-37(29)40(21-7-1)38-27-34(31-15-8-14-30(24-31)28-16-9-22-41-23-20-28)18-19-35(38)36-25-32-12-3-4-13-33(32)26-39(36)40/h1-20,22-27,41H,21H2/b7-1-,10-2-. The highest BCUT2D eigenvalue weighted by atomic mass is 14.8. The Morgan fingerprint density at radius 3 is 2.29 bits per heavy atom. The van der Waals surface area contributed by atoms with Crippen molar-refractivity contribution in [2.24, 2.45) is 0 Å². The second kappa shape index (κ2) is 9.50. The highest BCUT2D eigenvalue weighted by Gasteiger charge is 2.45. The summed E-state index contributed by atoms with van der Waals surface area (Å²) in [4.78, 5) is 0. The van der Waals surface area contributed by atoms with E-state index >= 15 is 0 Å². The van der Waals surface area contributed by atoms with Crippen molar-refractivity contribution in [1.29, 1.82) is 0 Å².